The summed E-state index contributed by atoms with van der Waals surface area (Å²) >= 11 is 0. The molecule has 0 aromatic heterocycles. The van der Waals surface area contributed by atoms with E-state index in [1.54, 1.807) is 0 Å². The zero-order chi connectivity index (χ0) is 47.2. The fraction of sp³-hybridized carbons (Fsp3) is 0.780. The molecule has 0 aromatic rings. The predicted molar refractivity (Wildman–Crippen MR) is 279 cm³/mol. The summed E-state index contributed by atoms with van der Waals surface area (Å²) in [4.78, 5) is 38.0. The summed E-state index contributed by atoms with van der Waals surface area (Å²) in [6.45, 7) is 6.56. The van der Waals surface area contributed by atoms with Crippen LogP contribution >= 0.6 is 0 Å². The normalized spacial score (nSPS) is 12.5. The molecular weight excluding hydrogens is 805 g/mol. The molecule has 0 unspecified atom stereocenters. The lowest BCUT2D eigenvalue weighted by atomic mass is 10.0. The first-order chi connectivity index (χ1) is 32.0. The maximum absolute atomic E-state index is 12.8. The Labute approximate surface area is 402 Å². The zero-order valence-electron chi connectivity index (χ0n) is 43.0. The number of ether oxygens (including phenoxy) is 3. The average Bonchev–Trinajstić information content (AvgIpc) is 3.30. The van der Waals surface area contributed by atoms with E-state index in [9.17, 15) is 14.4 Å². The summed E-state index contributed by atoms with van der Waals surface area (Å²) in [5, 5.41) is 0. The van der Waals surface area contributed by atoms with Gasteiger partial charge in [-0.05, 0) is 83.5 Å². The van der Waals surface area contributed by atoms with Crippen LogP contribution in [0.25, 0.3) is 0 Å². The molecule has 0 fully saturated rings. The first-order valence-corrected chi connectivity index (χ1v) is 27.8. The molecule has 0 amide bonds. The lowest BCUT2D eigenvalue weighted by molar-refractivity contribution is -0.167. The monoisotopic (exact) mass is 909 g/mol. The molecule has 1 atom stereocenters. The third-order valence-electron chi connectivity index (χ3n) is 12.0. The molecular formula is C59H104O6. The number of carbonyl (C=O) groups excluding carboxylic acids is 3. The lowest BCUT2D eigenvalue weighted by Gasteiger charge is -2.18. The van der Waals surface area contributed by atoms with Gasteiger partial charge in [0.2, 0.25) is 0 Å². The number of carbonyl (C=O) groups is 3. The van der Waals surface area contributed by atoms with E-state index in [-0.39, 0.29) is 37.5 Å². The van der Waals surface area contributed by atoms with E-state index in [0.717, 1.165) is 77.0 Å². The number of esters is 3. The lowest BCUT2D eigenvalue weighted by Crippen LogP contribution is -2.30. The summed E-state index contributed by atoms with van der Waals surface area (Å²) < 4.78 is 16.8. The molecule has 0 aliphatic heterocycles. The highest BCUT2D eigenvalue weighted by Crippen LogP contribution is 2.16. The van der Waals surface area contributed by atoms with E-state index >= 15 is 0 Å². The highest BCUT2D eigenvalue weighted by Gasteiger charge is 2.19. The van der Waals surface area contributed by atoms with E-state index in [0.29, 0.717) is 19.3 Å². The van der Waals surface area contributed by atoms with Crippen molar-refractivity contribution in [2.75, 3.05) is 13.2 Å². The van der Waals surface area contributed by atoms with Crippen molar-refractivity contribution in [3.8, 4) is 0 Å². The Morgan fingerprint density at radius 1 is 0.308 bits per heavy atom. The van der Waals surface area contributed by atoms with Gasteiger partial charge in [-0.15, -0.1) is 0 Å². The van der Waals surface area contributed by atoms with Gasteiger partial charge < -0.3 is 14.2 Å². The van der Waals surface area contributed by atoms with Crippen LogP contribution in [-0.4, -0.2) is 37.2 Å². The Morgan fingerprint density at radius 2 is 0.569 bits per heavy atom. The minimum Gasteiger partial charge on any atom is -0.462 e. The molecule has 0 bridgehead atoms. The minimum atomic E-state index is -0.798. The van der Waals surface area contributed by atoms with E-state index in [1.807, 2.05) is 0 Å². The summed E-state index contributed by atoms with van der Waals surface area (Å²) in [7, 11) is 0. The highest BCUT2D eigenvalue weighted by molar-refractivity contribution is 5.71. The van der Waals surface area contributed by atoms with Crippen LogP contribution in [0.15, 0.2) is 60.8 Å². The largest absolute Gasteiger partial charge is 0.462 e. The summed E-state index contributed by atoms with van der Waals surface area (Å²) in [5.41, 5.74) is 0. The van der Waals surface area contributed by atoms with Gasteiger partial charge in [-0.2, -0.15) is 0 Å². The second-order valence-corrected chi connectivity index (χ2v) is 18.5. The van der Waals surface area contributed by atoms with Crippen LogP contribution in [0.4, 0.5) is 0 Å². The number of allylic oxidation sites excluding steroid dienone is 10. The molecule has 0 aliphatic rings. The smallest absolute Gasteiger partial charge is 0.306 e. The van der Waals surface area contributed by atoms with Crippen LogP contribution in [-0.2, 0) is 28.6 Å². The Hall–Kier alpha value is -2.89. The molecule has 0 saturated carbocycles. The third kappa shape index (κ3) is 51.9. The molecule has 0 radical (unpaired) electrons. The number of hydrogen-bond acceptors (Lipinski definition) is 6. The molecule has 6 heteroatoms. The summed E-state index contributed by atoms with van der Waals surface area (Å²) in [5.74, 6) is -0.950. The second-order valence-electron chi connectivity index (χ2n) is 18.5. The topological polar surface area (TPSA) is 78.9 Å². The van der Waals surface area contributed by atoms with Crippen molar-refractivity contribution in [1.29, 1.82) is 0 Å². The van der Waals surface area contributed by atoms with Crippen molar-refractivity contribution in [1.82, 2.24) is 0 Å². The molecule has 376 valence electrons. The van der Waals surface area contributed by atoms with Gasteiger partial charge in [-0.25, -0.2) is 0 Å². The Balaban J connectivity index is 4.43. The highest BCUT2D eigenvalue weighted by atomic mass is 16.6. The van der Waals surface area contributed by atoms with Crippen molar-refractivity contribution >= 4 is 17.9 Å². The fourth-order valence-corrected chi connectivity index (χ4v) is 7.78. The van der Waals surface area contributed by atoms with E-state index in [4.69, 9.17) is 14.2 Å². The van der Waals surface area contributed by atoms with Gasteiger partial charge in [-0.3, -0.25) is 14.4 Å². The fourth-order valence-electron chi connectivity index (χ4n) is 7.78. The quantitative estimate of drug-likeness (QED) is 0.0262. The van der Waals surface area contributed by atoms with Crippen LogP contribution in [0.5, 0.6) is 0 Å². The van der Waals surface area contributed by atoms with Crippen LogP contribution in [0, 0.1) is 0 Å². The van der Waals surface area contributed by atoms with Gasteiger partial charge in [0.1, 0.15) is 13.2 Å². The van der Waals surface area contributed by atoms with E-state index in [2.05, 4.69) is 81.5 Å². The molecule has 6 nitrogen and oxygen atoms in total. The first kappa shape index (κ1) is 62.1. The van der Waals surface area contributed by atoms with Crippen LogP contribution < -0.4 is 0 Å². The maximum atomic E-state index is 12.8. The maximum Gasteiger partial charge on any atom is 0.306 e. The summed E-state index contributed by atoms with van der Waals surface area (Å²) in [6.07, 6.45) is 66.4. The van der Waals surface area contributed by atoms with Gasteiger partial charge >= 0.3 is 17.9 Å². The van der Waals surface area contributed by atoms with Crippen LogP contribution in [0.1, 0.15) is 278 Å². The first-order valence-electron chi connectivity index (χ1n) is 27.8. The average molecular weight is 909 g/mol. The van der Waals surface area contributed by atoms with E-state index < -0.39 is 6.10 Å². The van der Waals surface area contributed by atoms with Crippen LogP contribution in [0.3, 0.4) is 0 Å². The van der Waals surface area contributed by atoms with Gasteiger partial charge in [0.25, 0.3) is 0 Å². The van der Waals surface area contributed by atoms with Crippen molar-refractivity contribution in [2.24, 2.45) is 0 Å². The molecule has 0 rings (SSSR count). The molecule has 0 N–H and O–H groups in total. The third-order valence-corrected chi connectivity index (χ3v) is 12.0. The number of unbranched alkanes of at least 4 members (excludes halogenated alkanes) is 29. The van der Waals surface area contributed by atoms with Gasteiger partial charge in [0.15, 0.2) is 6.10 Å². The molecule has 0 aromatic carbocycles. The van der Waals surface area contributed by atoms with Gasteiger partial charge in [0.05, 0.1) is 0 Å². The summed E-state index contributed by atoms with van der Waals surface area (Å²) in [6, 6.07) is 0. The molecule has 65 heavy (non-hydrogen) atoms. The Kier molecular flexibility index (Phi) is 51.3. The molecule has 0 spiro atoms. The number of rotatable bonds is 50. The second kappa shape index (κ2) is 53.7. The number of hydrogen-bond donors (Lipinski definition) is 0. The van der Waals surface area contributed by atoms with Crippen molar-refractivity contribution in [3.05, 3.63) is 60.8 Å². The van der Waals surface area contributed by atoms with E-state index in [1.165, 1.54) is 154 Å². The molecule has 0 aliphatic carbocycles. The Morgan fingerprint density at radius 3 is 0.985 bits per heavy atom. The van der Waals surface area contributed by atoms with Crippen molar-refractivity contribution in [3.63, 3.8) is 0 Å². The van der Waals surface area contributed by atoms with Gasteiger partial charge in [0, 0.05) is 19.3 Å². The zero-order valence-corrected chi connectivity index (χ0v) is 43.0. The minimum absolute atomic E-state index is 0.0921. The molecule has 0 saturated heterocycles. The standard InChI is InChI=1S/C59H104O6/c1-4-7-10-13-16-19-22-25-27-29-31-34-36-39-42-45-48-51-57(60)63-54-56(65-59(62)53-50-47-44-41-38-33-24-21-18-15-12-9-6-3)55-64-58(61)52-49-46-43-40-37-35-32-30-28-26-23-20-17-14-11-8-5-2/h16,19,21,24-25,27,31,34,39,42,56H,4-15,17-18,20,22-23,26,28-30,32-33,35-38,40-41,43-55H2,1-3H3/b19-16-,24-21-,27-25-,34-31-,42-39-/t56-/m1/s1. The molecule has 0 heterocycles. The SMILES string of the molecule is CCCCC/C=C\C/C=C\C/C=C\C/C=C\CCCC(=O)OC[C@H](COC(=O)CCCCCCCCCCCCCCCCCCC)OC(=O)CCCCCCC/C=C\CCCCCC. The van der Waals surface area contributed by atoms with Crippen LogP contribution in [0.2, 0.25) is 0 Å². The van der Waals surface area contributed by atoms with Crippen molar-refractivity contribution < 1.29 is 28.6 Å². The Bertz CT molecular complexity index is 1180. The van der Waals surface area contributed by atoms with Crippen molar-refractivity contribution in [2.45, 2.75) is 284 Å². The predicted octanol–water partition coefficient (Wildman–Crippen LogP) is 18.4. The van der Waals surface area contributed by atoms with Gasteiger partial charge in [-0.1, -0.05) is 236 Å².